The molecular weight excluding hydrogens is 362 g/mol. The maximum absolute atomic E-state index is 12.3. The average Bonchev–Trinajstić information content (AvgIpc) is 3.44. The Hall–Kier alpha value is -1.76. The zero-order valence-electron chi connectivity index (χ0n) is 16.6. The Labute approximate surface area is 162 Å². The van der Waals surface area contributed by atoms with E-state index < -0.39 is 14.6 Å². The van der Waals surface area contributed by atoms with Crippen LogP contribution in [0.4, 0.5) is 0 Å². The second-order valence-electron chi connectivity index (χ2n) is 8.03. The number of nitrogens with one attached hydrogen (secondary N) is 1. The monoisotopic (exact) mass is 393 g/mol. The SMILES string of the molecule is CCNC(=NCc1ccccc1OCC1CC1)N1CCS(=O)(=O)C(C)(C)C1. The second kappa shape index (κ2) is 8.09. The summed E-state index contributed by atoms with van der Waals surface area (Å²) in [6.07, 6.45) is 2.52. The van der Waals surface area contributed by atoms with Crippen LogP contribution in [0.2, 0.25) is 0 Å². The summed E-state index contributed by atoms with van der Waals surface area (Å²) >= 11 is 0. The largest absolute Gasteiger partial charge is 0.493 e. The standard InChI is InChI=1S/C20H31N3O3S/c1-4-21-19(23-11-12-27(24,25)20(2,3)15-23)22-13-17-7-5-6-8-18(17)26-14-16-9-10-16/h5-8,16H,4,9-15H2,1-3H3,(H,21,22). The number of rotatable bonds is 6. The zero-order valence-corrected chi connectivity index (χ0v) is 17.4. The molecule has 0 amide bonds. The Morgan fingerprint density at radius 1 is 1.33 bits per heavy atom. The normalized spacial score (nSPS) is 21.7. The highest BCUT2D eigenvalue weighted by Gasteiger charge is 2.40. The van der Waals surface area contributed by atoms with Crippen molar-refractivity contribution in [3.8, 4) is 5.75 Å². The second-order valence-corrected chi connectivity index (χ2v) is 10.8. The number of guanidine groups is 1. The van der Waals surface area contributed by atoms with Crippen molar-refractivity contribution in [2.45, 2.75) is 44.9 Å². The molecule has 3 rings (SSSR count). The van der Waals surface area contributed by atoms with Gasteiger partial charge in [0.2, 0.25) is 0 Å². The van der Waals surface area contributed by atoms with E-state index in [1.165, 1.54) is 12.8 Å². The molecular formula is C20H31N3O3S. The minimum atomic E-state index is -3.07. The van der Waals surface area contributed by atoms with Crippen LogP contribution in [0, 0.1) is 5.92 Å². The Morgan fingerprint density at radius 2 is 2.07 bits per heavy atom. The Morgan fingerprint density at radius 3 is 2.74 bits per heavy atom. The highest BCUT2D eigenvalue weighted by Crippen LogP contribution is 2.30. The fourth-order valence-corrected chi connectivity index (χ4v) is 4.54. The van der Waals surface area contributed by atoms with Crippen molar-refractivity contribution in [1.82, 2.24) is 10.2 Å². The summed E-state index contributed by atoms with van der Waals surface area (Å²) in [5.41, 5.74) is 1.05. The molecule has 0 radical (unpaired) electrons. The van der Waals surface area contributed by atoms with Gasteiger partial charge in [0.1, 0.15) is 5.75 Å². The van der Waals surface area contributed by atoms with Crippen LogP contribution < -0.4 is 10.1 Å². The van der Waals surface area contributed by atoms with Gasteiger partial charge in [0.25, 0.3) is 0 Å². The summed E-state index contributed by atoms with van der Waals surface area (Å²) < 4.78 is 29.8. The third-order valence-corrected chi connectivity index (χ3v) is 7.75. The lowest BCUT2D eigenvalue weighted by Gasteiger charge is -2.39. The van der Waals surface area contributed by atoms with Gasteiger partial charge in [-0.05, 0) is 45.6 Å². The molecule has 2 fully saturated rings. The van der Waals surface area contributed by atoms with Crippen LogP contribution in [-0.2, 0) is 16.4 Å². The molecule has 0 bridgehead atoms. The maximum Gasteiger partial charge on any atom is 0.194 e. The van der Waals surface area contributed by atoms with Gasteiger partial charge in [0, 0.05) is 25.2 Å². The van der Waals surface area contributed by atoms with Crippen LogP contribution in [0.1, 0.15) is 39.2 Å². The van der Waals surface area contributed by atoms with E-state index in [2.05, 4.69) is 10.2 Å². The van der Waals surface area contributed by atoms with Gasteiger partial charge in [0.05, 0.1) is 23.7 Å². The first-order valence-corrected chi connectivity index (χ1v) is 11.4. The summed E-state index contributed by atoms with van der Waals surface area (Å²) in [5, 5.41) is 3.31. The fraction of sp³-hybridized carbons (Fsp3) is 0.650. The van der Waals surface area contributed by atoms with Crippen molar-refractivity contribution in [2.75, 3.05) is 32.0 Å². The number of para-hydroxylation sites is 1. The summed E-state index contributed by atoms with van der Waals surface area (Å²) in [4.78, 5) is 6.83. The molecule has 1 aromatic rings. The van der Waals surface area contributed by atoms with E-state index in [4.69, 9.17) is 9.73 Å². The van der Waals surface area contributed by atoms with Crippen LogP contribution in [0.25, 0.3) is 0 Å². The quantitative estimate of drug-likeness (QED) is 0.594. The summed E-state index contributed by atoms with van der Waals surface area (Å²) in [7, 11) is -3.07. The van der Waals surface area contributed by atoms with Gasteiger partial charge in [-0.15, -0.1) is 0 Å². The van der Waals surface area contributed by atoms with Gasteiger partial charge >= 0.3 is 0 Å². The Balaban J connectivity index is 1.73. The summed E-state index contributed by atoms with van der Waals surface area (Å²) in [5.74, 6) is 2.52. The molecule has 0 spiro atoms. The van der Waals surface area contributed by atoms with Crippen molar-refractivity contribution < 1.29 is 13.2 Å². The fourth-order valence-electron chi connectivity index (χ4n) is 3.18. The number of ether oxygens (including phenoxy) is 1. The lowest BCUT2D eigenvalue weighted by Crippen LogP contribution is -2.57. The maximum atomic E-state index is 12.3. The molecule has 7 heteroatoms. The Bertz CT molecular complexity index is 785. The molecule has 1 heterocycles. The minimum absolute atomic E-state index is 0.158. The highest BCUT2D eigenvalue weighted by molar-refractivity contribution is 7.92. The van der Waals surface area contributed by atoms with E-state index in [0.29, 0.717) is 25.6 Å². The van der Waals surface area contributed by atoms with E-state index in [-0.39, 0.29) is 5.75 Å². The molecule has 1 saturated carbocycles. The van der Waals surface area contributed by atoms with Gasteiger partial charge in [-0.3, -0.25) is 0 Å². The molecule has 0 unspecified atom stereocenters. The molecule has 27 heavy (non-hydrogen) atoms. The van der Waals surface area contributed by atoms with E-state index in [1.807, 2.05) is 31.2 Å². The first-order chi connectivity index (χ1) is 12.8. The summed E-state index contributed by atoms with van der Waals surface area (Å²) in [6, 6.07) is 8.02. The molecule has 2 aliphatic rings. The molecule has 1 saturated heterocycles. The van der Waals surface area contributed by atoms with Crippen LogP contribution in [0.5, 0.6) is 5.75 Å². The Kier molecular flexibility index (Phi) is 5.99. The van der Waals surface area contributed by atoms with E-state index in [0.717, 1.165) is 30.4 Å². The topological polar surface area (TPSA) is 71.0 Å². The van der Waals surface area contributed by atoms with Gasteiger partial charge < -0.3 is 15.0 Å². The third-order valence-electron chi connectivity index (χ3n) is 5.22. The zero-order chi connectivity index (χ0) is 19.5. The lowest BCUT2D eigenvalue weighted by atomic mass is 10.2. The molecule has 0 aromatic heterocycles. The predicted octanol–water partition coefficient (Wildman–Crippen LogP) is 2.45. The minimum Gasteiger partial charge on any atom is -0.493 e. The first kappa shape index (κ1) is 20.0. The van der Waals surface area contributed by atoms with Crippen molar-refractivity contribution >= 4 is 15.8 Å². The number of aliphatic imine (C=N–C) groups is 1. The number of benzene rings is 1. The molecule has 1 N–H and O–H groups in total. The molecule has 150 valence electrons. The van der Waals surface area contributed by atoms with E-state index in [9.17, 15) is 8.42 Å². The molecule has 1 aliphatic carbocycles. The average molecular weight is 394 g/mol. The van der Waals surface area contributed by atoms with E-state index in [1.54, 1.807) is 13.8 Å². The third kappa shape index (κ3) is 4.94. The van der Waals surface area contributed by atoms with Crippen LogP contribution in [0.15, 0.2) is 29.3 Å². The van der Waals surface area contributed by atoms with Crippen molar-refractivity contribution in [1.29, 1.82) is 0 Å². The van der Waals surface area contributed by atoms with Crippen LogP contribution >= 0.6 is 0 Å². The number of hydrogen-bond acceptors (Lipinski definition) is 4. The number of hydrogen-bond donors (Lipinski definition) is 1. The van der Waals surface area contributed by atoms with Crippen molar-refractivity contribution in [3.05, 3.63) is 29.8 Å². The van der Waals surface area contributed by atoms with Crippen LogP contribution in [0.3, 0.4) is 0 Å². The van der Waals surface area contributed by atoms with Gasteiger partial charge in [-0.25, -0.2) is 13.4 Å². The van der Waals surface area contributed by atoms with Gasteiger partial charge in [0.15, 0.2) is 15.8 Å². The van der Waals surface area contributed by atoms with Gasteiger partial charge in [-0.2, -0.15) is 0 Å². The van der Waals surface area contributed by atoms with Gasteiger partial charge in [-0.1, -0.05) is 18.2 Å². The summed E-state index contributed by atoms with van der Waals surface area (Å²) in [6.45, 7) is 8.54. The van der Waals surface area contributed by atoms with E-state index >= 15 is 0 Å². The molecule has 1 aliphatic heterocycles. The lowest BCUT2D eigenvalue weighted by molar-refractivity contribution is 0.297. The first-order valence-electron chi connectivity index (χ1n) is 9.78. The molecule has 0 atom stereocenters. The molecule has 1 aromatic carbocycles. The molecule has 6 nitrogen and oxygen atoms in total. The van der Waals surface area contributed by atoms with Crippen molar-refractivity contribution in [3.63, 3.8) is 0 Å². The number of nitrogens with zero attached hydrogens (tertiary/aromatic N) is 2. The predicted molar refractivity (Wildman–Crippen MR) is 109 cm³/mol. The van der Waals surface area contributed by atoms with Crippen molar-refractivity contribution in [2.24, 2.45) is 10.9 Å². The van der Waals surface area contributed by atoms with Crippen LogP contribution in [-0.4, -0.2) is 56.0 Å². The smallest absolute Gasteiger partial charge is 0.194 e. The highest BCUT2D eigenvalue weighted by atomic mass is 32.2. The number of sulfone groups is 1.